The molecule has 1 aromatic carbocycles. The molecular weight excluding hydrogens is 368 g/mol. The minimum atomic E-state index is -1.28. The molecule has 150 valence electrons. The van der Waals surface area contributed by atoms with Crippen LogP contribution in [0.4, 0.5) is 0 Å². The van der Waals surface area contributed by atoms with Crippen molar-refractivity contribution in [2.45, 2.75) is 37.4 Å². The summed E-state index contributed by atoms with van der Waals surface area (Å²) in [6.45, 7) is 1.14. The van der Waals surface area contributed by atoms with Crippen LogP contribution in [0.15, 0.2) is 52.2 Å². The van der Waals surface area contributed by atoms with E-state index in [1.165, 1.54) is 23.9 Å². The van der Waals surface area contributed by atoms with Crippen LogP contribution in [-0.2, 0) is 14.2 Å². The molecule has 0 unspecified atom stereocenters. The van der Waals surface area contributed by atoms with Gasteiger partial charge in [0.2, 0.25) is 0 Å². The third-order valence-corrected chi connectivity index (χ3v) is 4.84. The first kappa shape index (κ1) is 20.0. The first-order chi connectivity index (χ1) is 13.4. The fraction of sp³-hybridized carbons (Fsp3) is 0.421. The van der Waals surface area contributed by atoms with Crippen LogP contribution in [0.2, 0.25) is 0 Å². The number of carbonyl (C=O) groups excluding carboxylic acids is 1. The molecule has 0 amide bonds. The maximum Gasteiger partial charge on any atom is 0.338 e. The van der Waals surface area contributed by atoms with Gasteiger partial charge in [-0.05, 0) is 19.1 Å². The SMILES string of the molecule is CO[C@@H]1C[C@H](OC(=O)c2ccccc2)[C@@](C)(CO)O[C@H]1n1ccc(=O)[nH]c1=O. The van der Waals surface area contributed by atoms with Gasteiger partial charge < -0.3 is 19.3 Å². The lowest BCUT2D eigenvalue weighted by atomic mass is 9.90. The molecule has 2 aromatic rings. The van der Waals surface area contributed by atoms with Crippen LogP contribution in [0.5, 0.6) is 0 Å². The smallest absolute Gasteiger partial charge is 0.338 e. The van der Waals surface area contributed by atoms with E-state index in [2.05, 4.69) is 4.98 Å². The molecule has 0 aliphatic carbocycles. The highest BCUT2D eigenvalue weighted by Gasteiger charge is 2.49. The second kappa shape index (κ2) is 8.09. The number of benzene rings is 1. The summed E-state index contributed by atoms with van der Waals surface area (Å²) < 4.78 is 18.2. The predicted molar refractivity (Wildman–Crippen MR) is 98.0 cm³/mol. The van der Waals surface area contributed by atoms with Crippen molar-refractivity contribution < 1.29 is 24.1 Å². The number of aromatic nitrogens is 2. The number of carbonyl (C=O) groups is 1. The summed E-state index contributed by atoms with van der Waals surface area (Å²) in [7, 11) is 1.44. The average Bonchev–Trinajstić information content (AvgIpc) is 2.70. The lowest BCUT2D eigenvalue weighted by Crippen LogP contribution is -2.58. The minimum absolute atomic E-state index is 0.183. The number of hydrogen-bond donors (Lipinski definition) is 2. The van der Waals surface area contributed by atoms with Gasteiger partial charge in [0, 0.05) is 25.8 Å². The summed E-state index contributed by atoms with van der Waals surface area (Å²) in [6.07, 6.45) is -0.909. The van der Waals surface area contributed by atoms with Crippen LogP contribution >= 0.6 is 0 Å². The number of aliphatic hydroxyl groups is 1. The van der Waals surface area contributed by atoms with Gasteiger partial charge in [-0.25, -0.2) is 9.59 Å². The van der Waals surface area contributed by atoms with E-state index >= 15 is 0 Å². The van der Waals surface area contributed by atoms with Crippen LogP contribution in [0.1, 0.15) is 29.9 Å². The second-order valence-corrected chi connectivity index (χ2v) is 6.77. The molecular formula is C19H22N2O7. The first-order valence-corrected chi connectivity index (χ1v) is 8.77. The van der Waals surface area contributed by atoms with Crippen LogP contribution < -0.4 is 11.2 Å². The molecule has 9 heteroatoms. The lowest BCUT2D eigenvalue weighted by molar-refractivity contribution is -0.259. The standard InChI is InChI=1S/C19H22N2O7/c1-19(11-22)14(27-17(24)12-6-4-3-5-7-12)10-13(26-2)16(28-19)21-9-8-15(23)20-18(21)25/h3-9,13-14,16,22H,10-11H2,1-2H3,(H,20,23,25)/t13-,14+,16-,19-/m1/s1. The molecule has 28 heavy (non-hydrogen) atoms. The Morgan fingerprint density at radius 1 is 1.32 bits per heavy atom. The van der Waals surface area contributed by atoms with Gasteiger partial charge in [-0.3, -0.25) is 14.3 Å². The van der Waals surface area contributed by atoms with Crippen molar-refractivity contribution in [3.63, 3.8) is 0 Å². The van der Waals surface area contributed by atoms with E-state index in [-0.39, 0.29) is 6.42 Å². The Balaban J connectivity index is 1.88. The second-order valence-electron chi connectivity index (χ2n) is 6.77. The van der Waals surface area contributed by atoms with Crippen molar-refractivity contribution in [1.82, 2.24) is 9.55 Å². The summed E-state index contributed by atoms with van der Waals surface area (Å²) in [4.78, 5) is 38.1. The van der Waals surface area contributed by atoms with E-state index in [1.54, 1.807) is 37.3 Å². The Morgan fingerprint density at radius 2 is 2.04 bits per heavy atom. The highest BCUT2D eigenvalue weighted by Crippen LogP contribution is 2.37. The van der Waals surface area contributed by atoms with Gasteiger partial charge in [-0.15, -0.1) is 0 Å². The van der Waals surface area contributed by atoms with Gasteiger partial charge in [0.15, 0.2) is 6.23 Å². The van der Waals surface area contributed by atoms with Gasteiger partial charge in [0.1, 0.15) is 17.8 Å². The predicted octanol–water partition coefficient (Wildman–Crippen LogP) is 0.447. The molecule has 1 aromatic heterocycles. The van der Waals surface area contributed by atoms with Crippen LogP contribution in [-0.4, -0.2) is 52.2 Å². The van der Waals surface area contributed by atoms with Crippen LogP contribution in [0.25, 0.3) is 0 Å². The number of methoxy groups -OCH3 is 1. The van der Waals surface area contributed by atoms with Gasteiger partial charge in [0.25, 0.3) is 5.56 Å². The molecule has 2 N–H and O–H groups in total. The van der Waals surface area contributed by atoms with Gasteiger partial charge in [-0.2, -0.15) is 0 Å². The number of ether oxygens (including phenoxy) is 3. The number of esters is 1. The fourth-order valence-electron chi connectivity index (χ4n) is 3.16. The van der Waals surface area contributed by atoms with Crippen molar-refractivity contribution in [2.24, 2.45) is 0 Å². The number of nitrogens with zero attached hydrogens (tertiary/aromatic N) is 1. The van der Waals surface area contributed by atoms with Gasteiger partial charge in [-0.1, -0.05) is 18.2 Å². The van der Waals surface area contributed by atoms with E-state index in [4.69, 9.17) is 14.2 Å². The molecule has 0 spiro atoms. The summed E-state index contributed by atoms with van der Waals surface area (Å²) in [5, 5.41) is 9.94. The molecule has 1 aliphatic rings. The summed E-state index contributed by atoms with van der Waals surface area (Å²) in [5.74, 6) is -0.552. The zero-order valence-electron chi connectivity index (χ0n) is 15.5. The third kappa shape index (κ3) is 3.91. The molecule has 9 nitrogen and oxygen atoms in total. The fourth-order valence-corrected chi connectivity index (χ4v) is 3.16. The zero-order chi connectivity index (χ0) is 20.3. The minimum Gasteiger partial charge on any atom is -0.456 e. The molecule has 1 saturated heterocycles. The quantitative estimate of drug-likeness (QED) is 0.711. The van der Waals surface area contributed by atoms with E-state index in [1.807, 2.05) is 0 Å². The van der Waals surface area contributed by atoms with Crippen molar-refractivity contribution in [3.8, 4) is 0 Å². The van der Waals surface area contributed by atoms with Crippen LogP contribution in [0, 0.1) is 0 Å². The van der Waals surface area contributed by atoms with Crippen molar-refractivity contribution >= 4 is 5.97 Å². The Hall–Kier alpha value is -2.75. The number of hydrogen-bond acceptors (Lipinski definition) is 7. The molecule has 2 heterocycles. The van der Waals surface area contributed by atoms with Gasteiger partial charge >= 0.3 is 11.7 Å². The van der Waals surface area contributed by atoms with E-state index in [0.29, 0.717) is 5.56 Å². The number of aliphatic hydroxyl groups excluding tert-OH is 1. The van der Waals surface area contributed by atoms with Crippen molar-refractivity contribution in [1.29, 1.82) is 0 Å². The number of rotatable bonds is 5. The maximum atomic E-state index is 12.5. The summed E-state index contributed by atoms with van der Waals surface area (Å²) >= 11 is 0. The largest absolute Gasteiger partial charge is 0.456 e. The monoisotopic (exact) mass is 390 g/mol. The average molecular weight is 390 g/mol. The highest BCUT2D eigenvalue weighted by molar-refractivity contribution is 5.89. The number of aromatic amines is 1. The molecule has 0 bridgehead atoms. The maximum absolute atomic E-state index is 12.5. The Morgan fingerprint density at radius 3 is 2.64 bits per heavy atom. The van der Waals surface area contributed by atoms with Crippen molar-refractivity contribution in [2.75, 3.05) is 13.7 Å². The van der Waals surface area contributed by atoms with E-state index < -0.39 is 47.9 Å². The Kier molecular flexibility index (Phi) is 5.78. The molecule has 3 rings (SSSR count). The number of nitrogens with one attached hydrogen (secondary N) is 1. The Labute approximate surface area is 160 Å². The van der Waals surface area contributed by atoms with E-state index in [9.17, 15) is 19.5 Å². The molecule has 0 radical (unpaired) electrons. The molecule has 0 saturated carbocycles. The zero-order valence-corrected chi connectivity index (χ0v) is 15.5. The van der Waals surface area contributed by atoms with E-state index in [0.717, 1.165) is 0 Å². The first-order valence-electron chi connectivity index (χ1n) is 8.77. The van der Waals surface area contributed by atoms with Gasteiger partial charge in [0.05, 0.1) is 12.2 Å². The molecule has 1 aliphatic heterocycles. The number of H-pyrrole nitrogens is 1. The molecule has 4 atom stereocenters. The van der Waals surface area contributed by atoms with Crippen LogP contribution in [0.3, 0.4) is 0 Å². The Bertz CT molecular complexity index is 939. The molecule has 1 fully saturated rings. The summed E-state index contributed by atoms with van der Waals surface area (Å²) in [6, 6.07) is 9.66. The van der Waals surface area contributed by atoms with Crippen molar-refractivity contribution in [3.05, 3.63) is 69.0 Å². The topological polar surface area (TPSA) is 120 Å². The summed E-state index contributed by atoms with van der Waals surface area (Å²) in [5.41, 5.74) is -2.11. The normalized spacial score (nSPS) is 27.3. The third-order valence-electron chi connectivity index (χ3n) is 4.84. The lowest BCUT2D eigenvalue weighted by Gasteiger charge is -2.46. The highest BCUT2D eigenvalue weighted by atomic mass is 16.6.